The normalized spacial score (nSPS) is 22.4. The third-order valence-electron chi connectivity index (χ3n) is 10.7. The van der Waals surface area contributed by atoms with Crippen LogP contribution in [0.2, 0.25) is 0 Å². The maximum absolute atomic E-state index is 12.8. The summed E-state index contributed by atoms with van der Waals surface area (Å²) in [7, 11) is -5.12. The molecule has 1 rings (SSSR count). The van der Waals surface area contributed by atoms with E-state index in [-0.39, 0.29) is 12.8 Å². The van der Waals surface area contributed by atoms with Gasteiger partial charge in [0.25, 0.3) is 0 Å². The average molecular weight is 887 g/mol. The van der Waals surface area contributed by atoms with Crippen molar-refractivity contribution < 1.29 is 63.1 Å². The molecule has 0 spiro atoms. The zero-order valence-electron chi connectivity index (χ0n) is 37.4. The zero-order chi connectivity index (χ0) is 45.0. The molecule has 6 atom stereocenters. The Balaban J connectivity index is 2.46. The molecule has 61 heavy (non-hydrogen) atoms. The summed E-state index contributed by atoms with van der Waals surface area (Å²) >= 11 is 0. The highest BCUT2D eigenvalue weighted by Gasteiger charge is 2.51. The summed E-state index contributed by atoms with van der Waals surface area (Å²) < 4.78 is 33.5. The van der Waals surface area contributed by atoms with Crippen molar-refractivity contribution in [2.75, 3.05) is 13.2 Å². The molecule has 354 valence electrons. The predicted octanol–water partition coefficient (Wildman–Crippen LogP) is 9.17. The second kappa shape index (κ2) is 37.2. The summed E-state index contributed by atoms with van der Waals surface area (Å²) in [6, 6.07) is 0. The van der Waals surface area contributed by atoms with Gasteiger partial charge in [-0.2, -0.15) is 0 Å². The molecule has 0 heterocycles. The highest BCUT2D eigenvalue weighted by atomic mass is 31.2. The number of hydrogen-bond donors (Lipinski definition) is 6. The minimum atomic E-state index is -5.12. The zero-order valence-corrected chi connectivity index (χ0v) is 38.3. The molecule has 0 aromatic heterocycles. The monoisotopic (exact) mass is 887 g/mol. The van der Waals surface area contributed by atoms with Crippen LogP contribution in [0.5, 0.6) is 0 Å². The summed E-state index contributed by atoms with van der Waals surface area (Å²) in [4.78, 5) is 35.7. The van der Waals surface area contributed by atoms with Crippen molar-refractivity contribution in [3.63, 3.8) is 0 Å². The molecule has 14 heteroatoms. The largest absolute Gasteiger partial charge is 0.472 e. The second-order valence-corrected chi connectivity index (χ2v) is 17.6. The van der Waals surface area contributed by atoms with Gasteiger partial charge in [0.15, 0.2) is 6.10 Å². The number of allylic oxidation sites excluding steroid dienone is 8. The Hall–Kier alpha value is -2.19. The van der Waals surface area contributed by atoms with Crippen LogP contribution in [0.1, 0.15) is 181 Å². The molecule has 1 fully saturated rings. The van der Waals surface area contributed by atoms with E-state index in [1.807, 2.05) is 0 Å². The van der Waals surface area contributed by atoms with Crippen LogP contribution < -0.4 is 0 Å². The van der Waals surface area contributed by atoms with Crippen LogP contribution >= 0.6 is 7.82 Å². The first-order valence-corrected chi connectivity index (χ1v) is 24.9. The quantitative estimate of drug-likeness (QED) is 0.0148. The molecule has 0 saturated heterocycles. The van der Waals surface area contributed by atoms with E-state index in [0.717, 1.165) is 83.5 Å². The molecule has 1 aliphatic carbocycles. The van der Waals surface area contributed by atoms with Gasteiger partial charge >= 0.3 is 19.8 Å². The minimum Gasteiger partial charge on any atom is -0.462 e. The molecule has 0 bridgehead atoms. The van der Waals surface area contributed by atoms with E-state index >= 15 is 0 Å². The Morgan fingerprint density at radius 2 is 0.934 bits per heavy atom. The number of carbonyl (C=O) groups is 2. The summed E-state index contributed by atoms with van der Waals surface area (Å²) in [5, 5.41) is 50.1. The van der Waals surface area contributed by atoms with Crippen LogP contribution in [0.3, 0.4) is 0 Å². The second-order valence-electron chi connectivity index (χ2n) is 16.2. The average Bonchev–Trinajstić information content (AvgIpc) is 3.24. The van der Waals surface area contributed by atoms with E-state index in [2.05, 4.69) is 62.5 Å². The summed E-state index contributed by atoms with van der Waals surface area (Å²) in [6.45, 7) is 3.17. The number of rotatable bonds is 38. The van der Waals surface area contributed by atoms with Crippen molar-refractivity contribution in [2.45, 2.75) is 224 Å². The van der Waals surface area contributed by atoms with E-state index in [1.165, 1.54) is 57.8 Å². The number of hydrogen-bond acceptors (Lipinski definition) is 12. The predicted molar refractivity (Wildman–Crippen MR) is 239 cm³/mol. The first kappa shape index (κ1) is 56.8. The lowest BCUT2D eigenvalue weighted by Gasteiger charge is -2.41. The van der Waals surface area contributed by atoms with Gasteiger partial charge in [-0.3, -0.25) is 18.6 Å². The van der Waals surface area contributed by atoms with E-state index in [0.29, 0.717) is 12.8 Å². The lowest BCUT2D eigenvalue weighted by Crippen LogP contribution is -2.64. The molecule has 1 aliphatic rings. The van der Waals surface area contributed by atoms with Gasteiger partial charge in [0.2, 0.25) is 0 Å². The van der Waals surface area contributed by atoms with Gasteiger partial charge in [0.1, 0.15) is 43.2 Å². The van der Waals surface area contributed by atoms with E-state index in [1.54, 1.807) is 0 Å². The van der Waals surface area contributed by atoms with Crippen LogP contribution in [0.4, 0.5) is 0 Å². The molecule has 0 radical (unpaired) electrons. The molecule has 0 aromatic carbocycles. The molecule has 0 amide bonds. The number of aliphatic hydroxyl groups excluding tert-OH is 5. The Morgan fingerprint density at radius 1 is 0.525 bits per heavy atom. The molecule has 6 N–H and O–H groups in total. The topological polar surface area (TPSA) is 210 Å². The Kier molecular flexibility index (Phi) is 34.7. The first-order valence-electron chi connectivity index (χ1n) is 23.4. The lowest BCUT2D eigenvalue weighted by atomic mass is 9.85. The van der Waals surface area contributed by atoms with E-state index in [9.17, 15) is 44.6 Å². The molecule has 6 unspecified atom stereocenters. The molecule has 13 nitrogen and oxygen atoms in total. The third kappa shape index (κ3) is 29.7. The number of esters is 2. The van der Waals surface area contributed by atoms with Gasteiger partial charge in [0.05, 0.1) is 6.61 Å². The fourth-order valence-electron chi connectivity index (χ4n) is 6.93. The minimum absolute atomic E-state index is 0.0806. The van der Waals surface area contributed by atoms with Crippen molar-refractivity contribution in [3.05, 3.63) is 48.6 Å². The highest BCUT2D eigenvalue weighted by Crippen LogP contribution is 2.47. The highest BCUT2D eigenvalue weighted by molar-refractivity contribution is 7.47. The van der Waals surface area contributed by atoms with Crippen LogP contribution in [0.15, 0.2) is 48.6 Å². The number of phosphoric ester groups is 1. The van der Waals surface area contributed by atoms with Crippen LogP contribution in [0, 0.1) is 0 Å². The van der Waals surface area contributed by atoms with Gasteiger partial charge in [-0.1, -0.05) is 165 Å². The Labute approximate surface area is 367 Å². The molecular formula is C47H83O13P. The van der Waals surface area contributed by atoms with Crippen molar-refractivity contribution in [3.8, 4) is 0 Å². The maximum atomic E-state index is 12.8. The number of phosphoric acid groups is 1. The standard InChI is InChI=1S/C47H83O13P/c1-3-5-7-9-11-13-15-17-18-19-20-21-22-24-26-28-30-32-34-36-41(49)59-39(38-58-61(55,56)60-47-45(53)43(51)42(50)44(52)46(47)54)37-57-40(48)35-33-31-29-27-25-23-16-14-12-10-8-6-4-2/h5,7,11,13,17-18,20-21,39,42-47,50-54H,3-4,6,8-10,12,14-16,19,22-38H2,1-2H3,(H,55,56). The van der Waals surface area contributed by atoms with Crippen molar-refractivity contribution in [1.29, 1.82) is 0 Å². The fourth-order valence-corrected chi connectivity index (χ4v) is 7.90. The number of ether oxygens (including phenoxy) is 2. The summed E-state index contributed by atoms with van der Waals surface area (Å²) in [5.41, 5.74) is 0. The van der Waals surface area contributed by atoms with Crippen molar-refractivity contribution >= 4 is 19.8 Å². The fraction of sp³-hybridized carbons (Fsp3) is 0.787. The van der Waals surface area contributed by atoms with Crippen molar-refractivity contribution in [1.82, 2.24) is 0 Å². The van der Waals surface area contributed by atoms with Gasteiger partial charge in [0, 0.05) is 12.8 Å². The van der Waals surface area contributed by atoms with Gasteiger partial charge < -0.3 is 39.9 Å². The van der Waals surface area contributed by atoms with Crippen LogP contribution in [-0.2, 0) is 32.7 Å². The molecule has 0 aromatic rings. The van der Waals surface area contributed by atoms with Gasteiger partial charge in [-0.05, 0) is 51.4 Å². The molecular weight excluding hydrogens is 803 g/mol. The van der Waals surface area contributed by atoms with E-state index < -0.39 is 75.7 Å². The smallest absolute Gasteiger partial charge is 0.462 e. The third-order valence-corrected chi connectivity index (χ3v) is 11.7. The number of unbranched alkanes of at least 4 members (excludes halogenated alkanes) is 18. The van der Waals surface area contributed by atoms with Crippen LogP contribution in [-0.4, -0.2) is 98.3 Å². The first-order chi connectivity index (χ1) is 29.4. The number of carbonyl (C=O) groups excluding carboxylic acids is 2. The Morgan fingerprint density at radius 3 is 1.43 bits per heavy atom. The van der Waals surface area contributed by atoms with Crippen LogP contribution in [0.25, 0.3) is 0 Å². The Bertz CT molecular complexity index is 1250. The SMILES string of the molecule is CCC=CCC=CCC=CCC=CCCCCCCCCC(=O)OC(COC(=O)CCCCCCCCCCCCCCC)COP(=O)(O)OC1C(O)C(O)C(O)C(O)C1O. The van der Waals surface area contributed by atoms with Gasteiger partial charge in [-0.15, -0.1) is 0 Å². The van der Waals surface area contributed by atoms with Gasteiger partial charge in [-0.25, -0.2) is 4.57 Å². The van der Waals surface area contributed by atoms with E-state index in [4.69, 9.17) is 18.5 Å². The maximum Gasteiger partial charge on any atom is 0.472 e. The summed E-state index contributed by atoms with van der Waals surface area (Å²) in [5.74, 6) is -1.11. The van der Waals surface area contributed by atoms with Crippen molar-refractivity contribution in [2.24, 2.45) is 0 Å². The summed E-state index contributed by atoms with van der Waals surface area (Å²) in [6.07, 6.45) is 30.2. The molecule has 0 aliphatic heterocycles. The molecule has 1 saturated carbocycles. The number of aliphatic hydroxyl groups is 5. The lowest BCUT2D eigenvalue weighted by molar-refractivity contribution is -0.220.